The fourth-order valence-electron chi connectivity index (χ4n) is 1.93. The Morgan fingerprint density at radius 1 is 1.45 bits per heavy atom. The number of aromatic nitrogens is 4. The molecule has 0 aromatic carbocycles. The van der Waals surface area contributed by atoms with Crippen molar-refractivity contribution >= 4 is 22.8 Å². The number of hydrogen-bond donors (Lipinski definition) is 1. The van der Waals surface area contributed by atoms with Crippen LogP contribution in [0.5, 0.6) is 5.75 Å². The van der Waals surface area contributed by atoms with Crippen molar-refractivity contribution in [2.45, 2.75) is 13.5 Å². The number of aryl methyl sites for hydroxylation is 1. The van der Waals surface area contributed by atoms with E-state index in [1.54, 1.807) is 11.5 Å². The van der Waals surface area contributed by atoms with Crippen molar-refractivity contribution in [2.24, 2.45) is 0 Å². The van der Waals surface area contributed by atoms with Crippen molar-refractivity contribution in [1.29, 1.82) is 0 Å². The molecule has 0 amide bonds. The van der Waals surface area contributed by atoms with E-state index in [-0.39, 0.29) is 17.6 Å². The SMILES string of the molecule is COCc1oc(-n2cnc3c(C)nc(Cl)nc32)cc1O. The van der Waals surface area contributed by atoms with Crippen LogP contribution in [0.15, 0.2) is 16.8 Å². The molecule has 7 nitrogen and oxygen atoms in total. The molecule has 0 saturated carbocycles. The van der Waals surface area contributed by atoms with E-state index in [0.717, 1.165) is 0 Å². The molecule has 8 heteroatoms. The van der Waals surface area contributed by atoms with Gasteiger partial charge in [-0.1, -0.05) is 0 Å². The van der Waals surface area contributed by atoms with Crippen LogP contribution in [0.25, 0.3) is 17.0 Å². The average Bonchev–Trinajstić information content (AvgIpc) is 2.94. The average molecular weight is 295 g/mol. The van der Waals surface area contributed by atoms with E-state index < -0.39 is 0 Å². The summed E-state index contributed by atoms with van der Waals surface area (Å²) in [5.74, 6) is 0.730. The third-order valence-corrected chi connectivity index (χ3v) is 3.00. The monoisotopic (exact) mass is 294 g/mol. The fourth-order valence-corrected chi connectivity index (χ4v) is 2.13. The molecule has 104 valence electrons. The van der Waals surface area contributed by atoms with Gasteiger partial charge in [-0.15, -0.1) is 0 Å². The van der Waals surface area contributed by atoms with Crippen LogP contribution < -0.4 is 0 Å². The molecule has 0 aliphatic carbocycles. The van der Waals surface area contributed by atoms with Crippen molar-refractivity contribution < 1.29 is 14.3 Å². The van der Waals surface area contributed by atoms with Crippen LogP contribution in [0.2, 0.25) is 5.28 Å². The van der Waals surface area contributed by atoms with Crippen molar-refractivity contribution in [3.63, 3.8) is 0 Å². The van der Waals surface area contributed by atoms with Crippen molar-refractivity contribution in [2.75, 3.05) is 7.11 Å². The Bertz CT molecular complexity index is 780. The van der Waals surface area contributed by atoms with Crippen molar-refractivity contribution in [3.8, 4) is 11.6 Å². The molecule has 3 aromatic heterocycles. The van der Waals surface area contributed by atoms with E-state index in [1.165, 1.54) is 19.5 Å². The lowest BCUT2D eigenvalue weighted by Gasteiger charge is -2.00. The number of imidazole rings is 1. The summed E-state index contributed by atoms with van der Waals surface area (Å²) in [6, 6.07) is 1.47. The summed E-state index contributed by atoms with van der Waals surface area (Å²) in [4.78, 5) is 12.4. The number of methoxy groups -OCH3 is 1. The van der Waals surface area contributed by atoms with Gasteiger partial charge in [-0.25, -0.2) is 9.97 Å². The summed E-state index contributed by atoms with van der Waals surface area (Å²) in [6.07, 6.45) is 1.54. The van der Waals surface area contributed by atoms with Gasteiger partial charge in [0.15, 0.2) is 17.2 Å². The van der Waals surface area contributed by atoms with Crippen LogP contribution in [0.1, 0.15) is 11.5 Å². The summed E-state index contributed by atoms with van der Waals surface area (Å²) in [5, 5.41) is 9.91. The van der Waals surface area contributed by atoms with Gasteiger partial charge < -0.3 is 14.3 Å². The molecule has 0 atom stereocenters. The minimum absolute atomic E-state index is 0.0144. The summed E-state index contributed by atoms with van der Waals surface area (Å²) in [5.41, 5.74) is 1.81. The van der Waals surface area contributed by atoms with Crippen LogP contribution in [0, 0.1) is 6.92 Å². The lowest BCUT2D eigenvalue weighted by molar-refractivity contribution is 0.160. The van der Waals surface area contributed by atoms with Gasteiger partial charge in [0.25, 0.3) is 0 Å². The first-order chi connectivity index (χ1) is 9.60. The number of rotatable bonds is 3. The highest BCUT2D eigenvalue weighted by Gasteiger charge is 2.16. The van der Waals surface area contributed by atoms with Crippen LogP contribution in [0.4, 0.5) is 0 Å². The van der Waals surface area contributed by atoms with Gasteiger partial charge in [-0.2, -0.15) is 4.98 Å². The first-order valence-electron chi connectivity index (χ1n) is 5.78. The third kappa shape index (κ3) is 2.00. The zero-order valence-electron chi connectivity index (χ0n) is 10.8. The van der Waals surface area contributed by atoms with E-state index in [1.807, 2.05) is 0 Å². The Kier molecular flexibility index (Phi) is 3.07. The second-order valence-corrected chi connectivity index (χ2v) is 4.53. The second-order valence-electron chi connectivity index (χ2n) is 4.19. The molecule has 1 N–H and O–H groups in total. The van der Waals surface area contributed by atoms with Gasteiger partial charge in [0.05, 0.1) is 5.69 Å². The molecule has 3 heterocycles. The van der Waals surface area contributed by atoms with Crippen molar-refractivity contribution in [3.05, 3.63) is 29.1 Å². The molecule has 20 heavy (non-hydrogen) atoms. The number of halogens is 1. The first-order valence-corrected chi connectivity index (χ1v) is 6.16. The standard InChI is InChI=1S/C12H11ClN4O3/c1-6-10-11(16-12(13)15-6)17(5-14-10)9-3-7(18)8(20-9)4-19-2/h3,5,18H,4H2,1-2H3. The molecule has 0 aliphatic rings. The lowest BCUT2D eigenvalue weighted by Crippen LogP contribution is -1.95. The second kappa shape index (κ2) is 4.77. The number of furan rings is 1. The van der Waals surface area contributed by atoms with Gasteiger partial charge in [0, 0.05) is 13.2 Å². The Morgan fingerprint density at radius 3 is 3.00 bits per heavy atom. The number of nitrogens with zero attached hydrogens (tertiary/aromatic N) is 4. The summed E-state index contributed by atoms with van der Waals surface area (Å²) >= 11 is 5.86. The molecule has 0 spiro atoms. The van der Waals surface area contributed by atoms with Crippen LogP contribution in [0.3, 0.4) is 0 Å². The summed E-state index contributed by atoms with van der Waals surface area (Å²) < 4.78 is 12.1. The molecule has 0 unspecified atom stereocenters. The van der Waals surface area contributed by atoms with Crippen molar-refractivity contribution in [1.82, 2.24) is 19.5 Å². The fraction of sp³-hybridized carbons (Fsp3) is 0.250. The Labute approximate surface area is 118 Å². The van der Waals surface area contributed by atoms with Crippen LogP contribution in [-0.2, 0) is 11.3 Å². The first kappa shape index (κ1) is 12.9. The van der Waals surface area contributed by atoms with E-state index in [0.29, 0.717) is 28.5 Å². The maximum Gasteiger partial charge on any atom is 0.224 e. The van der Waals surface area contributed by atoms with E-state index in [9.17, 15) is 5.11 Å². The summed E-state index contributed by atoms with van der Waals surface area (Å²) in [6.45, 7) is 1.97. The Morgan fingerprint density at radius 2 is 2.25 bits per heavy atom. The highest BCUT2D eigenvalue weighted by Crippen LogP contribution is 2.28. The number of fused-ring (bicyclic) bond motifs is 1. The topological polar surface area (TPSA) is 86.2 Å². The predicted molar refractivity (Wildman–Crippen MR) is 71.1 cm³/mol. The smallest absolute Gasteiger partial charge is 0.224 e. The minimum atomic E-state index is 0.0144. The third-order valence-electron chi connectivity index (χ3n) is 2.83. The maximum atomic E-state index is 9.78. The predicted octanol–water partition coefficient (Wildman–Crippen LogP) is 2.22. The van der Waals surface area contributed by atoms with Crippen LogP contribution >= 0.6 is 11.6 Å². The van der Waals surface area contributed by atoms with Gasteiger partial charge in [0.1, 0.15) is 18.5 Å². The van der Waals surface area contributed by atoms with Gasteiger partial charge in [0.2, 0.25) is 11.2 Å². The van der Waals surface area contributed by atoms with Gasteiger partial charge in [-0.05, 0) is 18.5 Å². The molecule has 0 fully saturated rings. The molecule has 0 bridgehead atoms. The normalized spacial score (nSPS) is 11.3. The lowest BCUT2D eigenvalue weighted by atomic mass is 10.4. The largest absolute Gasteiger partial charge is 0.504 e. The minimum Gasteiger partial charge on any atom is -0.504 e. The zero-order valence-corrected chi connectivity index (χ0v) is 11.5. The molecule has 3 rings (SSSR count). The van der Waals surface area contributed by atoms with Gasteiger partial charge in [-0.3, -0.25) is 4.57 Å². The molecule has 0 aliphatic heterocycles. The number of aromatic hydroxyl groups is 1. The van der Waals surface area contributed by atoms with E-state index in [2.05, 4.69) is 15.0 Å². The highest BCUT2D eigenvalue weighted by atomic mass is 35.5. The molecule has 0 saturated heterocycles. The van der Waals surface area contributed by atoms with E-state index in [4.69, 9.17) is 20.8 Å². The van der Waals surface area contributed by atoms with E-state index >= 15 is 0 Å². The molecule has 0 radical (unpaired) electrons. The quantitative estimate of drug-likeness (QED) is 0.745. The number of hydrogen-bond acceptors (Lipinski definition) is 6. The maximum absolute atomic E-state index is 9.78. The van der Waals surface area contributed by atoms with Gasteiger partial charge >= 0.3 is 0 Å². The molecular formula is C12H11ClN4O3. The Balaban J connectivity index is 2.17. The molecular weight excluding hydrogens is 284 g/mol. The zero-order chi connectivity index (χ0) is 14.3. The summed E-state index contributed by atoms with van der Waals surface area (Å²) in [7, 11) is 1.52. The Hall–Kier alpha value is -2.12. The number of ether oxygens (including phenoxy) is 1. The molecule has 3 aromatic rings. The highest BCUT2D eigenvalue weighted by molar-refractivity contribution is 6.28. The van der Waals surface area contributed by atoms with Crippen LogP contribution in [-0.4, -0.2) is 31.7 Å².